The Morgan fingerprint density at radius 1 is 1.03 bits per heavy atom. The molecule has 0 saturated carbocycles. The largest absolute Gasteiger partial charge is 0.489 e. The summed E-state index contributed by atoms with van der Waals surface area (Å²) in [4.78, 5) is 15.5. The van der Waals surface area contributed by atoms with Gasteiger partial charge in [0.05, 0.1) is 10.6 Å². The van der Waals surface area contributed by atoms with Crippen molar-refractivity contribution in [1.82, 2.24) is 14.7 Å². The predicted octanol–water partition coefficient (Wildman–Crippen LogP) is 7.28. The molecule has 1 aliphatic heterocycles. The number of aryl methyl sites for hydroxylation is 1. The molecule has 0 N–H and O–H groups in total. The van der Waals surface area contributed by atoms with Gasteiger partial charge in [-0.15, -0.1) is 0 Å². The molecule has 5 nitrogen and oxygen atoms in total. The number of hydrogen-bond donors (Lipinski definition) is 0. The molecule has 0 spiro atoms. The van der Waals surface area contributed by atoms with Gasteiger partial charge < -0.3 is 4.74 Å². The van der Waals surface area contributed by atoms with Crippen molar-refractivity contribution >= 4 is 40.3 Å². The molecule has 38 heavy (non-hydrogen) atoms. The topological polar surface area (TPSA) is 47.4 Å². The van der Waals surface area contributed by atoms with E-state index in [0.29, 0.717) is 28.3 Å². The molecular formula is C31H29N3O2S2. The van der Waals surface area contributed by atoms with Crippen LogP contribution in [-0.2, 0) is 11.4 Å². The minimum Gasteiger partial charge on any atom is -0.489 e. The minimum atomic E-state index is -0.0534. The van der Waals surface area contributed by atoms with Crippen molar-refractivity contribution < 1.29 is 9.53 Å². The number of amides is 1. The molecule has 1 saturated heterocycles. The third-order valence-corrected chi connectivity index (χ3v) is 7.48. The number of aromatic nitrogens is 2. The second-order valence-corrected chi connectivity index (χ2v) is 11.4. The number of carbonyl (C=O) groups excluding carboxylic acids is 1. The molecule has 5 rings (SSSR count). The smallest absolute Gasteiger partial charge is 0.266 e. The SMILES string of the molecule is Cc1ccc(COc2cccc(-c3nn(-c4ccccc4)cc3C=C3SC(=S)N(CC(C)C)C3=O)c2)cc1. The second-order valence-electron chi connectivity index (χ2n) is 9.70. The van der Waals surface area contributed by atoms with E-state index in [0.717, 1.165) is 33.8 Å². The molecule has 0 aliphatic carbocycles. The summed E-state index contributed by atoms with van der Waals surface area (Å²) in [7, 11) is 0. The Bertz CT molecular complexity index is 1490. The first kappa shape index (κ1) is 25.9. The summed E-state index contributed by atoms with van der Waals surface area (Å²) in [5.74, 6) is 1.03. The van der Waals surface area contributed by atoms with E-state index in [1.807, 2.05) is 71.6 Å². The third kappa shape index (κ3) is 5.90. The average molecular weight is 540 g/mol. The van der Waals surface area contributed by atoms with E-state index in [9.17, 15) is 4.79 Å². The van der Waals surface area contributed by atoms with Crippen LogP contribution in [-0.4, -0.2) is 31.5 Å². The minimum absolute atomic E-state index is 0.0534. The van der Waals surface area contributed by atoms with Crippen LogP contribution in [0, 0.1) is 12.8 Å². The number of carbonyl (C=O) groups is 1. The van der Waals surface area contributed by atoms with Crippen molar-refractivity contribution in [2.75, 3.05) is 6.54 Å². The lowest BCUT2D eigenvalue weighted by Crippen LogP contribution is -2.31. The first-order chi connectivity index (χ1) is 18.4. The summed E-state index contributed by atoms with van der Waals surface area (Å²) < 4.78 is 8.55. The van der Waals surface area contributed by atoms with E-state index < -0.39 is 0 Å². The normalized spacial score (nSPS) is 14.6. The number of ether oxygens (including phenoxy) is 1. The average Bonchev–Trinajstić information content (AvgIpc) is 3.45. The van der Waals surface area contributed by atoms with E-state index in [-0.39, 0.29) is 5.91 Å². The van der Waals surface area contributed by atoms with Gasteiger partial charge in [-0.25, -0.2) is 4.68 Å². The summed E-state index contributed by atoms with van der Waals surface area (Å²) in [6.07, 6.45) is 3.86. The van der Waals surface area contributed by atoms with Gasteiger partial charge in [0.25, 0.3) is 5.91 Å². The molecule has 1 fully saturated rings. The quantitative estimate of drug-likeness (QED) is 0.174. The van der Waals surface area contributed by atoms with Crippen molar-refractivity contribution in [3.8, 4) is 22.7 Å². The van der Waals surface area contributed by atoms with Gasteiger partial charge >= 0.3 is 0 Å². The zero-order valence-corrected chi connectivity index (χ0v) is 23.3. The highest BCUT2D eigenvalue weighted by Gasteiger charge is 2.32. The number of rotatable bonds is 8. The van der Waals surface area contributed by atoms with E-state index >= 15 is 0 Å². The van der Waals surface area contributed by atoms with Crippen LogP contribution in [0.15, 0.2) is 90.0 Å². The molecule has 1 aromatic heterocycles. The molecule has 1 amide bonds. The van der Waals surface area contributed by atoms with E-state index in [4.69, 9.17) is 22.1 Å². The number of nitrogens with zero attached hydrogens (tertiary/aromatic N) is 3. The fraction of sp³-hybridized carbons (Fsp3) is 0.194. The van der Waals surface area contributed by atoms with E-state index in [1.165, 1.54) is 17.3 Å². The number of benzene rings is 3. The second kappa shape index (κ2) is 11.4. The highest BCUT2D eigenvalue weighted by molar-refractivity contribution is 8.26. The molecular weight excluding hydrogens is 510 g/mol. The highest BCUT2D eigenvalue weighted by atomic mass is 32.2. The maximum absolute atomic E-state index is 13.2. The fourth-order valence-electron chi connectivity index (χ4n) is 4.18. The van der Waals surface area contributed by atoms with Gasteiger partial charge in [-0.2, -0.15) is 5.10 Å². The lowest BCUT2D eigenvalue weighted by Gasteiger charge is -2.16. The Morgan fingerprint density at radius 2 is 1.79 bits per heavy atom. The molecule has 0 bridgehead atoms. The monoisotopic (exact) mass is 539 g/mol. The Hall–Kier alpha value is -3.68. The van der Waals surface area contributed by atoms with Gasteiger partial charge in [0.15, 0.2) is 0 Å². The zero-order valence-electron chi connectivity index (χ0n) is 21.6. The van der Waals surface area contributed by atoms with Crippen LogP contribution in [0.25, 0.3) is 23.0 Å². The molecule has 4 aromatic rings. The lowest BCUT2D eigenvalue weighted by atomic mass is 10.1. The number of hydrogen-bond acceptors (Lipinski definition) is 5. The molecule has 2 heterocycles. The van der Waals surface area contributed by atoms with E-state index in [2.05, 4.69) is 45.0 Å². The van der Waals surface area contributed by atoms with Gasteiger partial charge in [0.1, 0.15) is 22.4 Å². The lowest BCUT2D eigenvalue weighted by molar-refractivity contribution is -0.122. The van der Waals surface area contributed by atoms with Crippen LogP contribution in [0.2, 0.25) is 0 Å². The van der Waals surface area contributed by atoms with Gasteiger partial charge in [-0.3, -0.25) is 9.69 Å². The van der Waals surface area contributed by atoms with Crippen molar-refractivity contribution in [2.45, 2.75) is 27.4 Å². The molecule has 1 aliphatic rings. The van der Waals surface area contributed by atoms with Crippen LogP contribution in [0.3, 0.4) is 0 Å². The zero-order chi connectivity index (χ0) is 26.6. The van der Waals surface area contributed by atoms with Crippen molar-refractivity contribution in [2.24, 2.45) is 5.92 Å². The number of thiocarbonyl (C=S) groups is 1. The summed E-state index contributed by atoms with van der Waals surface area (Å²) >= 11 is 6.87. The Morgan fingerprint density at radius 3 is 2.53 bits per heavy atom. The number of para-hydroxylation sites is 1. The van der Waals surface area contributed by atoms with Crippen molar-refractivity contribution in [3.63, 3.8) is 0 Å². The maximum atomic E-state index is 13.2. The summed E-state index contributed by atoms with van der Waals surface area (Å²) in [5.41, 5.74) is 5.78. The standard InChI is InChI=1S/C31H29N3O2S2/c1-21(2)18-33-30(35)28(38-31(33)37)17-25-19-34(26-9-5-4-6-10-26)32-29(25)24-8-7-11-27(16-24)36-20-23-14-12-22(3)13-15-23/h4-17,19,21H,18,20H2,1-3H3. The Labute approximate surface area is 233 Å². The molecule has 7 heteroatoms. The summed E-state index contributed by atoms with van der Waals surface area (Å²) in [6.45, 7) is 7.32. The van der Waals surface area contributed by atoms with Gasteiger partial charge in [-0.05, 0) is 48.7 Å². The van der Waals surface area contributed by atoms with Crippen LogP contribution >= 0.6 is 24.0 Å². The van der Waals surface area contributed by atoms with Crippen LogP contribution in [0.4, 0.5) is 0 Å². The van der Waals surface area contributed by atoms with Crippen LogP contribution < -0.4 is 4.74 Å². The van der Waals surface area contributed by atoms with Gasteiger partial charge in [0, 0.05) is 23.9 Å². The first-order valence-electron chi connectivity index (χ1n) is 12.6. The molecule has 0 atom stereocenters. The Balaban J connectivity index is 1.49. The molecule has 0 unspecified atom stereocenters. The van der Waals surface area contributed by atoms with Crippen LogP contribution in [0.5, 0.6) is 5.75 Å². The third-order valence-electron chi connectivity index (χ3n) is 6.10. The maximum Gasteiger partial charge on any atom is 0.266 e. The van der Waals surface area contributed by atoms with Gasteiger partial charge in [0.2, 0.25) is 0 Å². The van der Waals surface area contributed by atoms with Crippen molar-refractivity contribution in [1.29, 1.82) is 0 Å². The Kier molecular flexibility index (Phi) is 7.77. The highest BCUT2D eigenvalue weighted by Crippen LogP contribution is 2.36. The molecule has 192 valence electrons. The fourth-order valence-corrected chi connectivity index (χ4v) is 5.44. The van der Waals surface area contributed by atoms with E-state index in [1.54, 1.807) is 4.90 Å². The van der Waals surface area contributed by atoms with Crippen LogP contribution in [0.1, 0.15) is 30.5 Å². The molecule has 0 radical (unpaired) electrons. The van der Waals surface area contributed by atoms with Gasteiger partial charge in [-0.1, -0.05) is 98.0 Å². The summed E-state index contributed by atoms with van der Waals surface area (Å²) in [6, 6.07) is 26.2. The predicted molar refractivity (Wildman–Crippen MR) is 159 cm³/mol. The number of thioether (sulfide) groups is 1. The van der Waals surface area contributed by atoms with Crippen molar-refractivity contribution in [3.05, 3.63) is 107 Å². The molecule has 3 aromatic carbocycles. The summed E-state index contributed by atoms with van der Waals surface area (Å²) in [5, 5.41) is 4.92. The first-order valence-corrected chi connectivity index (χ1v) is 13.8.